The van der Waals surface area contributed by atoms with Crippen LogP contribution >= 0.6 is 0 Å². The van der Waals surface area contributed by atoms with Gasteiger partial charge in [0.15, 0.2) is 0 Å². The summed E-state index contributed by atoms with van der Waals surface area (Å²) in [6, 6.07) is 9.93. The van der Waals surface area contributed by atoms with Crippen molar-refractivity contribution in [1.29, 1.82) is 0 Å². The molecule has 1 amide bonds. The third kappa shape index (κ3) is 3.78. The van der Waals surface area contributed by atoms with E-state index in [2.05, 4.69) is 24.2 Å². The molecule has 1 aliphatic carbocycles. The van der Waals surface area contributed by atoms with Gasteiger partial charge in [-0.05, 0) is 32.4 Å². The monoisotopic (exact) mass is 261 g/mol. The molecular weight excluding hydrogens is 238 g/mol. The molecule has 2 atom stereocenters. The zero-order chi connectivity index (χ0) is 13.8. The fourth-order valence-electron chi connectivity index (χ4n) is 2.16. The standard InChI is InChI=1S/C15H23N3O/c1-11(18(2)13-8-9-13)10-17-15(19)14(16)12-6-4-3-5-7-12/h3-7,11,13-14H,8-10,16H2,1-2H3,(H,17,19)/t11?,14-/m0/s1. The summed E-state index contributed by atoms with van der Waals surface area (Å²) in [4.78, 5) is 14.3. The molecule has 1 aromatic rings. The van der Waals surface area contributed by atoms with Gasteiger partial charge in [-0.25, -0.2) is 0 Å². The van der Waals surface area contributed by atoms with Crippen molar-refractivity contribution >= 4 is 5.91 Å². The predicted molar refractivity (Wildman–Crippen MR) is 76.6 cm³/mol. The van der Waals surface area contributed by atoms with Crippen molar-refractivity contribution in [3.05, 3.63) is 35.9 Å². The summed E-state index contributed by atoms with van der Waals surface area (Å²) in [6.07, 6.45) is 2.55. The summed E-state index contributed by atoms with van der Waals surface area (Å²) in [6.45, 7) is 2.78. The molecule has 19 heavy (non-hydrogen) atoms. The highest BCUT2D eigenvalue weighted by Gasteiger charge is 2.29. The van der Waals surface area contributed by atoms with E-state index >= 15 is 0 Å². The molecule has 1 aromatic carbocycles. The van der Waals surface area contributed by atoms with Crippen LogP contribution in [0.2, 0.25) is 0 Å². The Morgan fingerprint density at radius 3 is 2.63 bits per heavy atom. The second-order valence-electron chi connectivity index (χ2n) is 5.38. The number of amides is 1. The number of rotatable bonds is 6. The van der Waals surface area contributed by atoms with Gasteiger partial charge in [-0.15, -0.1) is 0 Å². The molecule has 1 saturated carbocycles. The van der Waals surface area contributed by atoms with Crippen LogP contribution in [0.1, 0.15) is 31.4 Å². The van der Waals surface area contributed by atoms with Crippen LogP contribution in [0.5, 0.6) is 0 Å². The summed E-state index contributed by atoms with van der Waals surface area (Å²) < 4.78 is 0. The normalized spacial score (nSPS) is 18.1. The Morgan fingerprint density at radius 2 is 2.05 bits per heavy atom. The second kappa shape index (κ2) is 6.17. The van der Waals surface area contributed by atoms with Gasteiger partial charge >= 0.3 is 0 Å². The average Bonchev–Trinajstić information content (AvgIpc) is 3.28. The smallest absolute Gasteiger partial charge is 0.241 e. The minimum absolute atomic E-state index is 0.109. The van der Waals surface area contributed by atoms with E-state index in [9.17, 15) is 4.79 Å². The Hall–Kier alpha value is -1.39. The van der Waals surface area contributed by atoms with Crippen molar-refractivity contribution in [2.75, 3.05) is 13.6 Å². The zero-order valence-electron chi connectivity index (χ0n) is 11.7. The lowest BCUT2D eigenvalue weighted by atomic mass is 10.1. The number of nitrogens with two attached hydrogens (primary N) is 1. The Morgan fingerprint density at radius 1 is 1.42 bits per heavy atom. The van der Waals surface area contributed by atoms with Crippen LogP contribution in [0.4, 0.5) is 0 Å². The minimum atomic E-state index is -0.584. The highest BCUT2D eigenvalue weighted by molar-refractivity contribution is 5.82. The van der Waals surface area contributed by atoms with E-state index in [4.69, 9.17) is 5.73 Å². The third-order valence-corrected chi connectivity index (χ3v) is 3.83. The number of carbonyl (C=O) groups is 1. The molecule has 1 aliphatic rings. The zero-order valence-corrected chi connectivity index (χ0v) is 11.7. The molecule has 0 saturated heterocycles. The number of likely N-dealkylation sites (N-methyl/N-ethyl adjacent to an activating group) is 1. The summed E-state index contributed by atoms with van der Waals surface area (Å²) >= 11 is 0. The molecule has 0 aromatic heterocycles. The van der Waals surface area contributed by atoms with Crippen LogP contribution in [0.25, 0.3) is 0 Å². The maximum absolute atomic E-state index is 12.0. The van der Waals surface area contributed by atoms with Crippen LogP contribution in [0, 0.1) is 0 Å². The summed E-state index contributed by atoms with van der Waals surface area (Å²) in [7, 11) is 2.12. The highest BCUT2D eigenvalue weighted by Crippen LogP contribution is 2.26. The first-order valence-electron chi connectivity index (χ1n) is 6.89. The van der Waals surface area contributed by atoms with Crippen molar-refractivity contribution < 1.29 is 4.79 Å². The molecule has 0 aliphatic heterocycles. The SMILES string of the molecule is CC(CNC(=O)[C@@H](N)c1ccccc1)N(C)C1CC1. The van der Waals surface area contributed by atoms with Gasteiger partial charge in [-0.3, -0.25) is 9.69 Å². The maximum Gasteiger partial charge on any atom is 0.241 e. The van der Waals surface area contributed by atoms with Crippen LogP contribution in [0.15, 0.2) is 30.3 Å². The van der Waals surface area contributed by atoms with Crippen molar-refractivity contribution in [2.45, 2.75) is 37.9 Å². The Bertz CT molecular complexity index is 417. The third-order valence-electron chi connectivity index (χ3n) is 3.83. The second-order valence-corrected chi connectivity index (χ2v) is 5.38. The Balaban J connectivity index is 1.80. The topological polar surface area (TPSA) is 58.4 Å². The van der Waals surface area contributed by atoms with Crippen molar-refractivity contribution in [1.82, 2.24) is 10.2 Å². The first-order chi connectivity index (χ1) is 9.09. The number of carbonyl (C=O) groups excluding carboxylic acids is 1. The lowest BCUT2D eigenvalue weighted by Gasteiger charge is -2.25. The van der Waals surface area contributed by atoms with Crippen molar-refractivity contribution in [3.63, 3.8) is 0 Å². The molecule has 104 valence electrons. The van der Waals surface area contributed by atoms with Gasteiger partial charge in [0, 0.05) is 18.6 Å². The predicted octanol–water partition coefficient (Wildman–Crippen LogP) is 1.29. The van der Waals surface area contributed by atoms with E-state index in [0.29, 0.717) is 18.6 Å². The average molecular weight is 261 g/mol. The van der Waals surface area contributed by atoms with E-state index in [1.54, 1.807) is 0 Å². The van der Waals surface area contributed by atoms with Crippen LogP contribution in [-0.2, 0) is 4.79 Å². The highest BCUT2D eigenvalue weighted by atomic mass is 16.2. The van der Waals surface area contributed by atoms with E-state index in [0.717, 1.165) is 5.56 Å². The summed E-state index contributed by atoms with van der Waals surface area (Å²) in [5.74, 6) is -0.109. The lowest BCUT2D eigenvalue weighted by Crippen LogP contribution is -2.43. The van der Waals surface area contributed by atoms with Crippen LogP contribution in [0.3, 0.4) is 0 Å². The molecule has 0 bridgehead atoms. The molecule has 2 rings (SSSR count). The van der Waals surface area contributed by atoms with Gasteiger partial charge in [-0.2, -0.15) is 0 Å². The molecule has 0 radical (unpaired) electrons. The fraction of sp³-hybridized carbons (Fsp3) is 0.533. The Kier molecular flexibility index (Phi) is 4.56. The van der Waals surface area contributed by atoms with Gasteiger partial charge in [0.2, 0.25) is 5.91 Å². The first-order valence-corrected chi connectivity index (χ1v) is 6.89. The number of hydrogen-bond acceptors (Lipinski definition) is 3. The van der Waals surface area contributed by atoms with Crippen LogP contribution in [-0.4, -0.2) is 36.5 Å². The van der Waals surface area contributed by atoms with Crippen LogP contribution < -0.4 is 11.1 Å². The van der Waals surface area contributed by atoms with Gasteiger partial charge in [0.05, 0.1) is 0 Å². The van der Waals surface area contributed by atoms with Gasteiger partial charge in [0.1, 0.15) is 6.04 Å². The van der Waals surface area contributed by atoms with E-state index in [1.807, 2.05) is 30.3 Å². The minimum Gasteiger partial charge on any atom is -0.353 e. The van der Waals surface area contributed by atoms with E-state index in [-0.39, 0.29) is 5.91 Å². The number of nitrogens with zero attached hydrogens (tertiary/aromatic N) is 1. The lowest BCUT2D eigenvalue weighted by molar-refractivity contribution is -0.122. The molecule has 1 fully saturated rings. The van der Waals surface area contributed by atoms with Crippen molar-refractivity contribution in [3.8, 4) is 0 Å². The molecule has 4 nitrogen and oxygen atoms in total. The maximum atomic E-state index is 12.0. The van der Waals surface area contributed by atoms with Gasteiger partial charge in [-0.1, -0.05) is 30.3 Å². The molecule has 4 heteroatoms. The molecule has 0 spiro atoms. The summed E-state index contributed by atoms with van der Waals surface area (Å²) in [5.41, 5.74) is 6.80. The number of nitrogens with one attached hydrogen (secondary N) is 1. The molecule has 3 N–H and O–H groups in total. The van der Waals surface area contributed by atoms with E-state index < -0.39 is 6.04 Å². The number of benzene rings is 1. The van der Waals surface area contributed by atoms with Crippen molar-refractivity contribution in [2.24, 2.45) is 5.73 Å². The summed E-state index contributed by atoms with van der Waals surface area (Å²) in [5, 5.41) is 2.94. The fourth-order valence-corrected chi connectivity index (χ4v) is 2.16. The Labute approximate surface area is 115 Å². The van der Waals surface area contributed by atoms with E-state index in [1.165, 1.54) is 12.8 Å². The molecular formula is C15H23N3O. The number of hydrogen-bond donors (Lipinski definition) is 2. The molecule has 0 heterocycles. The molecule has 1 unspecified atom stereocenters. The quantitative estimate of drug-likeness (QED) is 0.811. The first kappa shape index (κ1) is 14.0. The van der Waals surface area contributed by atoms with Gasteiger partial charge < -0.3 is 11.1 Å². The van der Waals surface area contributed by atoms with Gasteiger partial charge in [0.25, 0.3) is 0 Å². The largest absolute Gasteiger partial charge is 0.353 e.